The van der Waals surface area contributed by atoms with Gasteiger partial charge in [-0.15, -0.1) is 0 Å². The van der Waals surface area contributed by atoms with Crippen LogP contribution in [0.3, 0.4) is 0 Å². The molecule has 0 aliphatic rings. The Balaban J connectivity index is 1.85. The van der Waals surface area contributed by atoms with Crippen LogP contribution in [0.5, 0.6) is 0 Å². The van der Waals surface area contributed by atoms with Crippen LogP contribution >= 0.6 is 0 Å². The van der Waals surface area contributed by atoms with E-state index in [4.69, 9.17) is 0 Å². The Labute approximate surface area is 106 Å². The number of aromatic nitrogens is 4. The summed E-state index contributed by atoms with van der Waals surface area (Å²) in [5, 5.41) is 8.55. The summed E-state index contributed by atoms with van der Waals surface area (Å²) in [5.41, 5.74) is 2.06. The van der Waals surface area contributed by atoms with Crippen LogP contribution in [0, 0.1) is 0 Å². The van der Waals surface area contributed by atoms with Crippen molar-refractivity contribution in [2.24, 2.45) is 0 Å². The van der Waals surface area contributed by atoms with Crippen molar-refractivity contribution in [3.05, 3.63) is 52.7 Å². The van der Waals surface area contributed by atoms with Crippen molar-refractivity contribution in [3.63, 3.8) is 0 Å². The highest BCUT2D eigenvalue weighted by molar-refractivity contribution is 6.03. The first-order chi connectivity index (χ1) is 9.22. The largest absolute Gasteiger partial charge is 0.345 e. The van der Waals surface area contributed by atoms with Crippen molar-refractivity contribution in [2.75, 3.05) is 5.32 Å². The van der Waals surface area contributed by atoms with Crippen LogP contribution in [0.4, 0.5) is 5.69 Å². The number of carbonyl (C=O) groups excluding carboxylic acids is 1. The zero-order chi connectivity index (χ0) is 13.2. The Hall–Kier alpha value is -2.96. The Morgan fingerprint density at radius 3 is 2.89 bits per heavy atom. The molecule has 0 spiro atoms. The maximum Gasteiger partial charge on any atom is 0.276 e. The highest BCUT2D eigenvalue weighted by Crippen LogP contribution is 2.15. The number of nitrogens with zero attached hydrogens (tertiary/aromatic N) is 2. The van der Waals surface area contributed by atoms with Crippen molar-refractivity contribution in [2.45, 2.75) is 0 Å². The molecule has 3 aromatic rings. The summed E-state index contributed by atoms with van der Waals surface area (Å²) in [4.78, 5) is 29.8. The van der Waals surface area contributed by atoms with Gasteiger partial charge >= 0.3 is 0 Å². The van der Waals surface area contributed by atoms with Gasteiger partial charge in [0.05, 0.1) is 17.4 Å². The minimum absolute atomic E-state index is 0.143. The van der Waals surface area contributed by atoms with Gasteiger partial charge in [-0.25, -0.2) is 10.1 Å². The van der Waals surface area contributed by atoms with Crippen LogP contribution in [0.15, 0.2) is 41.5 Å². The lowest BCUT2D eigenvalue weighted by Gasteiger charge is -2.03. The zero-order valence-electron chi connectivity index (χ0n) is 9.68. The lowest BCUT2D eigenvalue weighted by atomic mass is 10.2. The Kier molecular flexibility index (Phi) is 2.57. The number of hydrogen-bond donors (Lipinski definition) is 3. The first-order valence-corrected chi connectivity index (χ1v) is 5.52. The number of amides is 1. The number of nitrogens with one attached hydrogen (secondary N) is 3. The van der Waals surface area contributed by atoms with Gasteiger partial charge in [-0.3, -0.25) is 9.59 Å². The molecule has 1 amide bonds. The fraction of sp³-hybridized carbons (Fsp3) is 0. The quantitative estimate of drug-likeness (QED) is 0.632. The van der Waals surface area contributed by atoms with E-state index in [9.17, 15) is 9.59 Å². The van der Waals surface area contributed by atoms with Gasteiger partial charge in [0.1, 0.15) is 5.69 Å². The SMILES string of the molecule is O=C(Nc1ccc2nc[nH]c2c1)c1ccc(=O)[nH]n1. The molecule has 0 atom stereocenters. The molecule has 0 saturated carbocycles. The maximum absolute atomic E-state index is 11.9. The third-order valence-corrected chi connectivity index (χ3v) is 2.59. The van der Waals surface area contributed by atoms with Crippen molar-refractivity contribution in [1.29, 1.82) is 0 Å². The van der Waals surface area contributed by atoms with Crippen LogP contribution in [0.1, 0.15) is 10.5 Å². The molecule has 0 unspecified atom stereocenters. The second-order valence-corrected chi connectivity index (χ2v) is 3.90. The van der Waals surface area contributed by atoms with Gasteiger partial charge in [-0.2, -0.15) is 5.10 Å². The average molecular weight is 255 g/mol. The molecule has 94 valence electrons. The molecule has 0 saturated heterocycles. The van der Waals surface area contributed by atoms with E-state index in [0.29, 0.717) is 5.69 Å². The summed E-state index contributed by atoms with van der Waals surface area (Å²) in [5.74, 6) is -0.393. The minimum atomic E-state index is -0.393. The lowest BCUT2D eigenvalue weighted by Crippen LogP contribution is -2.17. The molecule has 2 aromatic heterocycles. The van der Waals surface area contributed by atoms with E-state index >= 15 is 0 Å². The first kappa shape index (κ1) is 11.1. The van der Waals surface area contributed by atoms with Crippen molar-refractivity contribution in [3.8, 4) is 0 Å². The fourth-order valence-corrected chi connectivity index (χ4v) is 1.68. The highest BCUT2D eigenvalue weighted by Gasteiger charge is 2.08. The number of H-pyrrole nitrogens is 2. The van der Waals surface area contributed by atoms with Crippen LogP contribution < -0.4 is 10.9 Å². The number of imidazole rings is 1. The Morgan fingerprint density at radius 2 is 2.11 bits per heavy atom. The predicted molar refractivity (Wildman–Crippen MR) is 68.9 cm³/mol. The van der Waals surface area contributed by atoms with Crippen molar-refractivity contribution in [1.82, 2.24) is 20.2 Å². The summed E-state index contributed by atoms with van der Waals surface area (Å²) in [6.45, 7) is 0. The molecule has 0 fully saturated rings. The van der Waals surface area contributed by atoms with Crippen molar-refractivity contribution >= 4 is 22.6 Å². The van der Waals surface area contributed by atoms with Crippen LogP contribution in [0.25, 0.3) is 11.0 Å². The van der Waals surface area contributed by atoms with E-state index in [1.54, 1.807) is 24.5 Å². The third-order valence-electron chi connectivity index (χ3n) is 2.59. The molecule has 0 aliphatic heterocycles. The van der Waals surface area contributed by atoms with E-state index in [2.05, 4.69) is 25.5 Å². The molecule has 3 rings (SSSR count). The summed E-state index contributed by atoms with van der Waals surface area (Å²) in [6, 6.07) is 7.92. The van der Waals surface area contributed by atoms with Gasteiger partial charge in [0.2, 0.25) is 0 Å². The maximum atomic E-state index is 11.9. The Bertz CT molecular complexity index is 784. The Morgan fingerprint density at radius 1 is 1.21 bits per heavy atom. The molecular formula is C12H9N5O2. The number of benzene rings is 1. The van der Waals surface area contributed by atoms with Crippen LogP contribution in [-0.2, 0) is 0 Å². The summed E-state index contributed by atoms with van der Waals surface area (Å²) >= 11 is 0. The lowest BCUT2D eigenvalue weighted by molar-refractivity contribution is 0.102. The standard InChI is InChI=1S/C12H9N5O2/c18-11-4-3-9(16-17-11)12(19)15-7-1-2-8-10(5-7)14-6-13-8/h1-6H,(H,13,14)(H,15,19)(H,17,18). The van der Waals surface area contributed by atoms with E-state index in [1.165, 1.54) is 12.1 Å². The first-order valence-electron chi connectivity index (χ1n) is 5.52. The number of anilines is 1. The minimum Gasteiger partial charge on any atom is -0.345 e. The fourth-order valence-electron chi connectivity index (χ4n) is 1.68. The summed E-state index contributed by atoms with van der Waals surface area (Å²) < 4.78 is 0. The van der Waals surface area contributed by atoms with E-state index < -0.39 is 5.91 Å². The van der Waals surface area contributed by atoms with Gasteiger partial charge in [-0.1, -0.05) is 0 Å². The molecule has 0 radical (unpaired) electrons. The molecule has 7 heteroatoms. The molecule has 7 nitrogen and oxygen atoms in total. The second-order valence-electron chi connectivity index (χ2n) is 3.90. The molecule has 0 bridgehead atoms. The smallest absolute Gasteiger partial charge is 0.276 e. The number of hydrogen-bond acceptors (Lipinski definition) is 4. The summed E-state index contributed by atoms with van der Waals surface area (Å²) in [6.07, 6.45) is 1.58. The summed E-state index contributed by atoms with van der Waals surface area (Å²) in [7, 11) is 0. The molecule has 19 heavy (non-hydrogen) atoms. The van der Waals surface area contributed by atoms with E-state index in [-0.39, 0.29) is 11.3 Å². The third kappa shape index (κ3) is 2.21. The average Bonchev–Trinajstić information content (AvgIpc) is 2.87. The molecule has 3 N–H and O–H groups in total. The number of carbonyl (C=O) groups is 1. The topological polar surface area (TPSA) is 104 Å². The second kappa shape index (κ2) is 4.37. The number of aromatic amines is 2. The van der Waals surface area contributed by atoms with E-state index in [1.807, 2.05) is 0 Å². The zero-order valence-corrected chi connectivity index (χ0v) is 9.68. The van der Waals surface area contributed by atoms with Crippen molar-refractivity contribution < 1.29 is 4.79 Å². The molecule has 0 aliphatic carbocycles. The normalized spacial score (nSPS) is 10.5. The molecule has 2 heterocycles. The van der Waals surface area contributed by atoms with E-state index in [0.717, 1.165) is 11.0 Å². The predicted octanol–water partition coefficient (Wildman–Crippen LogP) is 0.898. The van der Waals surface area contributed by atoms with Gasteiger partial charge in [0.25, 0.3) is 11.5 Å². The van der Waals surface area contributed by atoms with Gasteiger partial charge in [0, 0.05) is 11.8 Å². The van der Waals surface area contributed by atoms with Gasteiger partial charge in [-0.05, 0) is 24.3 Å². The molecule has 1 aromatic carbocycles. The van der Waals surface area contributed by atoms with Crippen LogP contribution in [-0.4, -0.2) is 26.1 Å². The highest BCUT2D eigenvalue weighted by atomic mass is 16.2. The van der Waals surface area contributed by atoms with Crippen LogP contribution in [0.2, 0.25) is 0 Å². The monoisotopic (exact) mass is 255 g/mol. The number of fused-ring (bicyclic) bond motifs is 1. The van der Waals surface area contributed by atoms with Gasteiger partial charge in [0.15, 0.2) is 0 Å². The number of rotatable bonds is 2. The molecular weight excluding hydrogens is 246 g/mol. The van der Waals surface area contributed by atoms with Gasteiger partial charge < -0.3 is 10.3 Å².